The van der Waals surface area contributed by atoms with Crippen molar-refractivity contribution < 1.29 is 5.11 Å². The van der Waals surface area contributed by atoms with Crippen molar-refractivity contribution in [3.8, 4) is 12.3 Å². The zero-order valence-corrected chi connectivity index (χ0v) is 7.89. The van der Waals surface area contributed by atoms with Crippen LogP contribution in [0.5, 0.6) is 0 Å². The van der Waals surface area contributed by atoms with E-state index in [-0.39, 0.29) is 0 Å². The molecule has 0 spiro atoms. The van der Waals surface area contributed by atoms with Crippen LogP contribution in [0.1, 0.15) is 51.4 Å². The SMILES string of the molecule is C#CCCCCCCCCCO. The summed E-state index contributed by atoms with van der Waals surface area (Å²) >= 11 is 0. The molecular weight excluding hydrogens is 148 g/mol. The molecule has 0 rings (SSSR count). The molecule has 1 nitrogen and oxygen atoms in total. The van der Waals surface area contributed by atoms with Gasteiger partial charge >= 0.3 is 0 Å². The Morgan fingerprint density at radius 3 is 1.83 bits per heavy atom. The van der Waals surface area contributed by atoms with Crippen molar-refractivity contribution >= 4 is 0 Å². The molecular formula is C11H20O. The molecule has 1 heteroatoms. The summed E-state index contributed by atoms with van der Waals surface area (Å²) in [5.41, 5.74) is 0. The van der Waals surface area contributed by atoms with Gasteiger partial charge in [-0.25, -0.2) is 0 Å². The fraction of sp³-hybridized carbons (Fsp3) is 0.818. The van der Waals surface area contributed by atoms with Gasteiger partial charge < -0.3 is 5.11 Å². The molecule has 0 unspecified atom stereocenters. The molecule has 70 valence electrons. The van der Waals surface area contributed by atoms with Crippen LogP contribution in [0.3, 0.4) is 0 Å². The minimum atomic E-state index is 0.344. The highest BCUT2D eigenvalue weighted by Gasteiger charge is 1.89. The highest BCUT2D eigenvalue weighted by atomic mass is 16.2. The van der Waals surface area contributed by atoms with Gasteiger partial charge in [0.1, 0.15) is 0 Å². The van der Waals surface area contributed by atoms with Crippen LogP contribution in [0.25, 0.3) is 0 Å². The molecule has 0 aromatic carbocycles. The highest BCUT2D eigenvalue weighted by Crippen LogP contribution is 2.07. The van der Waals surface area contributed by atoms with Crippen LogP contribution in [0, 0.1) is 12.3 Å². The summed E-state index contributed by atoms with van der Waals surface area (Å²) in [4.78, 5) is 0. The monoisotopic (exact) mass is 168 g/mol. The molecule has 0 heterocycles. The topological polar surface area (TPSA) is 20.2 Å². The molecule has 0 saturated heterocycles. The molecule has 0 radical (unpaired) electrons. The van der Waals surface area contributed by atoms with Crippen LogP contribution in [0.2, 0.25) is 0 Å². The first-order chi connectivity index (χ1) is 5.91. The fourth-order valence-electron chi connectivity index (χ4n) is 1.22. The summed E-state index contributed by atoms with van der Waals surface area (Å²) in [5, 5.41) is 8.52. The van der Waals surface area contributed by atoms with E-state index in [0.29, 0.717) is 6.61 Å². The van der Waals surface area contributed by atoms with Gasteiger partial charge in [0.15, 0.2) is 0 Å². The third-order valence-electron chi connectivity index (χ3n) is 1.98. The molecule has 12 heavy (non-hydrogen) atoms. The lowest BCUT2D eigenvalue weighted by Crippen LogP contribution is -1.83. The predicted octanol–water partition coefficient (Wildman–Crippen LogP) is 2.73. The Balaban J connectivity index is 2.78. The maximum absolute atomic E-state index is 8.52. The largest absolute Gasteiger partial charge is 0.396 e. The molecule has 0 aliphatic rings. The van der Waals surface area contributed by atoms with Crippen LogP contribution in [0.15, 0.2) is 0 Å². The second-order valence-corrected chi connectivity index (χ2v) is 3.15. The lowest BCUT2D eigenvalue weighted by Gasteiger charge is -1.98. The maximum Gasteiger partial charge on any atom is 0.0431 e. The van der Waals surface area contributed by atoms with Crippen molar-refractivity contribution in [2.45, 2.75) is 51.4 Å². The van der Waals surface area contributed by atoms with Crippen molar-refractivity contribution in [2.24, 2.45) is 0 Å². The first-order valence-corrected chi connectivity index (χ1v) is 4.96. The number of terminal acetylenes is 1. The summed E-state index contributed by atoms with van der Waals surface area (Å²) < 4.78 is 0. The van der Waals surface area contributed by atoms with Crippen LogP contribution in [-0.4, -0.2) is 11.7 Å². The Kier molecular flexibility index (Phi) is 10.1. The molecule has 0 atom stereocenters. The van der Waals surface area contributed by atoms with Crippen molar-refractivity contribution in [3.05, 3.63) is 0 Å². The predicted molar refractivity (Wildman–Crippen MR) is 52.9 cm³/mol. The number of aliphatic hydroxyl groups is 1. The van der Waals surface area contributed by atoms with Crippen LogP contribution in [-0.2, 0) is 0 Å². The van der Waals surface area contributed by atoms with Gasteiger partial charge in [0.25, 0.3) is 0 Å². The molecule has 0 aromatic heterocycles. The Morgan fingerprint density at radius 1 is 0.833 bits per heavy atom. The van der Waals surface area contributed by atoms with E-state index in [1.165, 1.54) is 38.5 Å². The Bertz CT molecular complexity index is 113. The summed E-state index contributed by atoms with van der Waals surface area (Å²) in [6.45, 7) is 0.344. The number of hydrogen-bond acceptors (Lipinski definition) is 1. The normalized spacial score (nSPS) is 9.67. The van der Waals surface area contributed by atoms with E-state index < -0.39 is 0 Å². The average Bonchev–Trinajstić information content (AvgIpc) is 2.10. The van der Waals surface area contributed by atoms with Gasteiger partial charge in [-0.15, -0.1) is 12.3 Å². The van der Waals surface area contributed by atoms with Crippen LogP contribution < -0.4 is 0 Å². The summed E-state index contributed by atoms with van der Waals surface area (Å²) in [7, 11) is 0. The van der Waals surface area contributed by atoms with E-state index in [1.807, 2.05) is 0 Å². The van der Waals surface area contributed by atoms with E-state index in [0.717, 1.165) is 12.8 Å². The Morgan fingerprint density at radius 2 is 1.33 bits per heavy atom. The van der Waals surface area contributed by atoms with E-state index in [9.17, 15) is 0 Å². The number of rotatable bonds is 8. The molecule has 1 N–H and O–H groups in total. The number of hydrogen-bond donors (Lipinski definition) is 1. The third-order valence-corrected chi connectivity index (χ3v) is 1.98. The molecule has 0 aliphatic heterocycles. The van der Waals surface area contributed by atoms with E-state index in [4.69, 9.17) is 11.5 Å². The van der Waals surface area contributed by atoms with Crippen LogP contribution in [0.4, 0.5) is 0 Å². The maximum atomic E-state index is 8.52. The number of unbranched alkanes of at least 4 members (excludes halogenated alkanes) is 7. The zero-order chi connectivity index (χ0) is 9.07. The zero-order valence-electron chi connectivity index (χ0n) is 7.89. The molecule has 0 fully saturated rings. The van der Waals surface area contributed by atoms with Crippen molar-refractivity contribution in [1.82, 2.24) is 0 Å². The van der Waals surface area contributed by atoms with Crippen molar-refractivity contribution in [2.75, 3.05) is 6.61 Å². The second kappa shape index (κ2) is 10.5. The minimum absolute atomic E-state index is 0.344. The Labute approximate surface area is 76.2 Å². The van der Waals surface area contributed by atoms with Gasteiger partial charge in [0.05, 0.1) is 0 Å². The summed E-state index contributed by atoms with van der Waals surface area (Å²) in [6.07, 6.45) is 14.5. The lowest BCUT2D eigenvalue weighted by molar-refractivity contribution is 0.282. The van der Waals surface area contributed by atoms with Crippen LogP contribution >= 0.6 is 0 Å². The first-order valence-electron chi connectivity index (χ1n) is 4.96. The first kappa shape index (κ1) is 11.5. The van der Waals surface area contributed by atoms with E-state index >= 15 is 0 Å². The second-order valence-electron chi connectivity index (χ2n) is 3.15. The third kappa shape index (κ3) is 9.52. The van der Waals surface area contributed by atoms with E-state index in [2.05, 4.69) is 5.92 Å². The number of aliphatic hydroxyl groups excluding tert-OH is 1. The Hall–Kier alpha value is -0.480. The van der Waals surface area contributed by atoms with Gasteiger partial charge in [-0.2, -0.15) is 0 Å². The molecule has 0 saturated carbocycles. The van der Waals surface area contributed by atoms with E-state index in [1.54, 1.807) is 0 Å². The molecule has 0 aliphatic carbocycles. The quantitative estimate of drug-likeness (QED) is 0.436. The van der Waals surface area contributed by atoms with Crippen molar-refractivity contribution in [1.29, 1.82) is 0 Å². The van der Waals surface area contributed by atoms with Gasteiger partial charge in [0, 0.05) is 13.0 Å². The van der Waals surface area contributed by atoms with Crippen molar-refractivity contribution in [3.63, 3.8) is 0 Å². The highest BCUT2D eigenvalue weighted by molar-refractivity contribution is 4.82. The molecule has 0 amide bonds. The standard InChI is InChI=1S/C11H20O/c1-2-3-4-5-6-7-8-9-10-11-12/h1,12H,3-11H2. The summed E-state index contributed by atoms with van der Waals surface area (Å²) in [5.74, 6) is 2.65. The van der Waals surface area contributed by atoms with Gasteiger partial charge in [-0.05, 0) is 12.8 Å². The van der Waals surface area contributed by atoms with Gasteiger partial charge in [-0.1, -0.05) is 32.1 Å². The fourth-order valence-corrected chi connectivity index (χ4v) is 1.22. The molecule has 0 aromatic rings. The average molecular weight is 168 g/mol. The lowest BCUT2D eigenvalue weighted by atomic mass is 10.1. The smallest absolute Gasteiger partial charge is 0.0431 e. The van der Waals surface area contributed by atoms with Gasteiger partial charge in [0.2, 0.25) is 0 Å². The van der Waals surface area contributed by atoms with Gasteiger partial charge in [-0.3, -0.25) is 0 Å². The molecule has 0 bridgehead atoms. The minimum Gasteiger partial charge on any atom is -0.396 e. The summed E-state index contributed by atoms with van der Waals surface area (Å²) in [6, 6.07) is 0.